The van der Waals surface area contributed by atoms with Gasteiger partial charge in [0.25, 0.3) is 0 Å². The van der Waals surface area contributed by atoms with Crippen LogP contribution >= 0.6 is 0 Å². The summed E-state index contributed by atoms with van der Waals surface area (Å²) in [6, 6.07) is 0. The molecule has 1 aromatic heterocycles. The second-order valence-corrected chi connectivity index (χ2v) is 6.54. The van der Waals surface area contributed by atoms with Crippen molar-refractivity contribution in [1.29, 1.82) is 0 Å². The Labute approximate surface area is 125 Å². The number of hydrogen-bond acceptors (Lipinski definition) is 4. The van der Waals surface area contributed by atoms with Crippen LogP contribution in [0.15, 0.2) is 0 Å². The molecule has 0 aromatic carbocycles. The van der Waals surface area contributed by atoms with Gasteiger partial charge in [-0.1, -0.05) is 0 Å². The van der Waals surface area contributed by atoms with Gasteiger partial charge in [-0.3, -0.25) is 9.69 Å². The van der Waals surface area contributed by atoms with E-state index in [4.69, 9.17) is 0 Å². The molecule has 0 bridgehead atoms. The molecule has 1 amide bonds. The minimum Gasteiger partial charge on any atom is -0.342 e. The summed E-state index contributed by atoms with van der Waals surface area (Å²) < 4.78 is 2.26. The fraction of sp³-hybridized carbons (Fsp3) is 0.800. The fourth-order valence-electron chi connectivity index (χ4n) is 3.90. The topological polar surface area (TPSA) is 54.3 Å². The number of rotatable bonds is 3. The predicted molar refractivity (Wildman–Crippen MR) is 77.5 cm³/mol. The smallest absolute Gasteiger partial charge is 0.227 e. The van der Waals surface area contributed by atoms with Gasteiger partial charge >= 0.3 is 0 Å². The molecular weight excluding hydrogens is 266 g/mol. The maximum atomic E-state index is 12.4. The van der Waals surface area contributed by atoms with E-state index in [0.29, 0.717) is 5.91 Å². The number of likely N-dealkylation sites (tertiary alicyclic amines) is 2. The molecule has 114 valence electrons. The highest BCUT2D eigenvalue weighted by Gasteiger charge is 2.33. The lowest BCUT2D eigenvalue weighted by atomic mass is 10.1. The number of carbonyl (C=O) groups is 1. The van der Waals surface area contributed by atoms with Crippen molar-refractivity contribution >= 4 is 5.91 Å². The number of nitrogens with zero attached hydrogens (tertiary/aromatic N) is 5. The van der Waals surface area contributed by atoms with Gasteiger partial charge in [0.2, 0.25) is 5.91 Å². The fourth-order valence-corrected chi connectivity index (χ4v) is 3.90. The Balaban J connectivity index is 1.36. The number of amides is 1. The minimum atomic E-state index is 0.198. The molecule has 1 aromatic rings. The van der Waals surface area contributed by atoms with Crippen molar-refractivity contribution in [2.75, 3.05) is 26.2 Å². The van der Waals surface area contributed by atoms with Gasteiger partial charge in [0, 0.05) is 32.6 Å². The molecule has 2 saturated heterocycles. The molecule has 2 fully saturated rings. The van der Waals surface area contributed by atoms with Crippen LogP contribution in [0.2, 0.25) is 0 Å². The summed E-state index contributed by atoms with van der Waals surface area (Å²) in [6.45, 7) is 5.72. The van der Waals surface area contributed by atoms with Gasteiger partial charge in [-0.15, -0.1) is 10.2 Å². The van der Waals surface area contributed by atoms with E-state index in [1.165, 1.54) is 19.3 Å². The van der Waals surface area contributed by atoms with Gasteiger partial charge in [0.05, 0.1) is 12.5 Å². The van der Waals surface area contributed by atoms with Crippen molar-refractivity contribution in [3.63, 3.8) is 0 Å². The molecule has 3 aliphatic rings. The first kappa shape index (κ1) is 13.2. The zero-order valence-electron chi connectivity index (χ0n) is 12.5. The number of hydrogen-bond donors (Lipinski definition) is 0. The first-order valence-corrected chi connectivity index (χ1v) is 8.23. The van der Waals surface area contributed by atoms with Gasteiger partial charge in [-0.05, 0) is 32.2 Å². The van der Waals surface area contributed by atoms with Gasteiger partial charge in [-0.25, -0.2) is 0 Å². The molecule has 4 rings (SSSR count). The van der Waals surface area contributed by atoms with Crippen molar-refractivity contribution in [1.82, 2.24) is 24.6 Å². The Kier molecular flexibility index (Phi) is 3.41. The van der Waals surface area contributed by atoms with Gasteiger partial charge in [-0.2, -0.15) is 0 Å². The molecule has 6 nitrogen and oxygen atoms in total. The molecule has 4 heterocycles. The third-order valence-corrected chi connectivity index (χ3v) is 5.09. The molecular formula is C15H23N5O. The SMILES string of the molecule is O=C(C1CCN(Cc2nnc3n2CCC3)C1)N1CCCC1. The maximum Gasteiger partial charge on any atom is 0.227 e. The highest BCUT2D eigenvalue weighted by Crippen LogP contribution is 2.23. The Morgan fingerprint density at radius 3 is 2.81 bits per heavy atom. The predicted octanol–water partition coefficient (Wildman–Crippen LogP) is 0.669. The lowest BCUT2D eigenvalue weighted by Crippen LogP contribution is -2.35. The van der Waals surface area contributed by atoms with Crippen molar-refractivity contribution in [2.45, 2.75) is 45.2 Å². The van der Waals surface area contributed by atoms with Crippen LogP contribution in [0.5, 0.6) is 0 Å². The average Bonchev–Trinajstić information content (AvgIpc) is 3.26. The van der Waals surface area contributed by atoms with E-state index in [9.17, 15) is 4.79 Å². The summed E-state index contributed by atoms with van der Waals surface area (Å²) in [5, 5.41) is 8.59. The quantitative estimate of drug-likeness (QED) is 0.820. The van der Waals surface area contributed by atoms with Gasteiger partial charge < -0.3 is 9.47 Å². The summed E-state index contributed by atoms with van der Waals surface area (Å²) in [5.41, 5.74) is 0. The molecule has 1 unspecified atom stereocenters. The van der Waals surface area contributed by atoms with Crippen molar-refractivity contribution in [2.24, 2.45) is 5.92 Å². The normalized spacial score (nSPS) is 25.7. The lowest BCUT2D eigenvalue weighted by molar-refractivity contribution is -0.134. The Morgan fingerprint density at radius 2 is 1.95 bits per heavy atom. The highest BCUT2D eigenvalue weighted by atomic mass is 16.2. The lowest BCUT2D eigenvalue weighted by Gasteiger charge is -2.20. The molecule has 0 radical (unpaired) electrons. The molecule has 6 heteroatoms. The molecule has 3 aliphatic heterocycles. The van der Waals surface area contributed by atoms with Crippen LogP contribution in [-0.4, -0.2) is 56.7 Å². The third-order valence-electron chi connectivity index (χ3n) is 5.09. The maximum absolute atomic E-state index is 12.4. The Hall–Kier alpha value is -1.43. The molecule has 0 aliphatic carbocycles. The van der Waals surface area contributed by atoms with E-state index in [2.05, 4.69) is 24.6 Å². The van der Waals surface area contributed by atoms with Crippen molar-refractivity contribution in [3.8, 4) is 0 Å². The summed E-state index contributed by atoms with van der Waals surface area (Å²) in [6.07, 6.45) is 5.59. The van der Waals surface area contributed by atoms with E-state index in [-0.39, 0.29) is 5.92 Å². The molecule has 0 saturated carbocycles. The van der Waals surface area contributed by atoms with Crippen LogP contribution in [0.1, 0.15) is 37.3 Å². The largest absolute Gasteiger partial charge is 0.342 e. The highest BCUT2D eigenvalue weighted by molar-refractivity contribution is 5.79. The Morgan fingerprint density at radius 1 is 1.10 bits per heavy atom. The summed E-state index contributed by atoms with van der Waals surface area (Å²) in [7, 11) is 0. The van der Waals surface area contributed by atoms with E-state index in [1.807, 2.05) is 0 Å². The molecule has 21 heavy (non-hydrogen) atoms. The molecule has 0 spiro atoms. The summed E-state index contributed by atoms with van der Waals surface area (Å²) in [4.78, 5) is 16.9. The van der Waals surface area contributed by atoms with Crippen molar-refractivity contribution < 1.29 is 4.79 Å². The zero-order valence-corrected chi connectivity index (χ0v) is 12.5. The minimum absolute atomic E-state index is 0.198. The second-order valence-electron chi connectivity index (χ2n) is 6.54. The van der Waals surface area contributed by atoms with Crippen LogP contribution in [-0.2, 0) is 24.3 Å². The van der Waals surface area contributed by atoms with E-state index in [0.717, 1.165) is 63.8 Å². The van der Waals surface area contributed by atoms with Crippen LogP contribution in [0.3, 0.4) is 0 Å². The monoisotopic (exact) mass is 289 g/mol. The third kappa shape index (κ3) is 2.46. The van der Waals surface area contributed by atoms with E-state index in [1.54, 1.807) is 0 Å². The van der Waals surface area contributed by atoms with Crippen molar-refractivity contribution in [3.05, 3.63) is 11.6 Å². The van der Waals surface area contributed by atoms with Gasteiger partial charge in [0.1, 0.15) is 11.6 Å². The van der Waals surface area contributed by atoms with Crippen LogP contribution in [0, 0.1) is 5.92 Å². The van der Waals surface area contributed by atoms with Crippen LogP contribution in [0.25, 0.3) is 0 Å². The zero-order chi connectivity index (χ0) is 14.2. The molecule has 1 atom stereocenters. The van der Waals surface area contributed by atoms with Crippen LogP contribution in [0.4, 0.5) is 0 Å². The second kappa shape index (κ2) is 5.40. The van der Waals surface area contributed by atoms with E-state index < -0.39 is 0 Å². The Bertz CT molecular complexity index is 534. The number of aromatic nitrogens is 3. The van der Waals surface area contributed by atoms with Crippen LogP contribution < -0.4 is 0 Å². The average molecular weight is 289 g/mol. The first-order chi connectivity index (χ1) is 10.3. The first-order valence-electron chi connectivity index (χ1n) is 8.23. The number of carbonyl (C=O) groups excluding carboxylic acids is 1. The van der Waals surface area contributed by atoms with E-state index >= 15 is 0 Å². The number of aryl methyl sites for hydroxylation is 1. The summed E-state index contributed by atoms with van der Waals surface area (Å²) in [5.74, 6) is 2.79. The summed E-state index contributed by atoms with van der Waals surface area (Å²) >= 11 is 0. The van der Waals surface area contributed by atoms with Gasteiger partial charge in [0.15, 0.2) is 0 Å². The standard InChI is InChI=1S/C15H23N5O/c21-15(19-6-1-2-7-19)12-5-9-18(10-12)11-14-17-16-13-4-3-8-20(13)14/h12H,1-11H2. The number of fused-ring (bicyclic) bond motifs is 1. The molecule has 0 N–H and O–H groups in total.